The number of halogens is 3. The Morgan fingerprint density at radius 3 is 2.66 bits per heavy atom. The highest BCUT2D eigenvalue weighted by Gasteiger charge is 2.16. The first-order valence-electron chi connectivity index (χ1n) is 9.69. The Bertz CT molecular complexity index is 1000. The van der Waals surface area contributed by atoms with Crippen molar-refractivity contribution in [2.45, 2.75) is 26.6 Å². The Kier molecular flexibility index (Phi) is 10.1. The molecule has 11 heteroatoms. The van der Waals surface area contributed by atoms with Crippen LogP contribution in [0.4, 0.5) is 8.78 Å². The van der Waals surface area contributed by atoms with Crippen molar-refractivity contribution in [3.8, 4) is 17.3 Å². The van der Waals surface area contributed by atoms with Crippen LogP contribution < -0.4 is 20.1 Å². The predicted molar refractivity (Wildman–Crippen MR) is 128 cm³/mol. The molecular formula is C21H25F2IN6O2. The molecule has 0 aliphatic rings. The molecule has 0 unspecified atom stereocenters. The second-order valence-electron chi connectivity index (χ2n) is 6.31. The van der Waals surface area contributed by atoms with Crippen LogP contribution in [0.1, 0.15) is 18.1 Å². The molecule has 0 bridgehead atoms. The first-order chi connectivity index (χ1) is 15.1. The summed E-state index contributed by atoms with van der Waals surface area (Å²) in [7, 11) is 1.63. The van der Waals surface area contributed by atoms with E-state index in [0.29, 0.717) is 30.5 Å². The quantitative estimate of drug-likeness (QED) is 0.237. The lowest BCUT2D eigenvalue weighted by Gasteiger charge is -2.17. The maximum atomic E-state index is 12.9. The van der Waals surface area contributed by atoms with Crippen molar-refractivity contribution in [3.05, 3.63) is 66.1 Å². The van der Waals surface area contributed by atoms with E-state index in [2.05, 4.69) is 25.7 Å². The molecule has 2 aromatic heterocycles. The largest absolute Gasteiger partial charge is 0.490 e. The molecule has 2 N–H and O–H groups in total. The number of hydrogen-bond acceptors (Lipinski definition) is 5. The maximum absolute atomic E-state index is 12.9. The van der Waals surface area contributed by atoms with Crippen LogP contribution in [0.25, 0.3) is 5.82 Å². The van der Waals surface area contributed by atoms with Gasteiger partial charge in [-0.1, -0.05) is 12.1 Å². The molecule has 0 amide bonds. The van der Waals surface area contributed by atoms with E-state index >= 15 is 0 Å². The SMILES string of the molecule is CCOc1cccc(CNC(=NC)NCc2ccnc(-n3cccn3)c2)c1OC(F)F.I. The van der Waals surface area contributed by atoms with Crippen LogP contribution in [-0.4, -0.2) is 41.0 Å². The number of pyridine rings is 1. The molecule has 0 atom stereocenters. The summed E-state index contributed by atoms with van der Waals surface area (Å²) < 4.78 is 37.6. The minimum atomic E-state index is -2.95. The number of hydrogen-bond donors (Lipinski definition) is 2. The standard InChI is InChI=1S/C21H24F2N6O2.HI/c1-3-30-17-7-4-6-16(19(17)31-20(22)23)14-27-21(24-2)26-13-15-8-10-25-18(12-15)29-11-5-9-28-29;/h4-12,20H,3,13-14H2,1-2H3,(H2,24,26,27);1H. The van der Waals surface area contributed by atoms with E-state index in [4.69, 9.17) is 9.47 Å². The van der Waals surface area contributed by atoms with Gasteiger partial charge < -0.3 is 20.1 Å². The molecule has 32 heavy (non-hydrogen) atoms. The topological polar surface area (TPSA) is 85.6 Å². The average Bonchev–Trinajstić information content (AvgIpc) is 3.31. The van der Waals surface area contributed by atoms with Crippen molar-refractivity contribution in [1.82, 2.24) is 25.4 Å². The van der Waals surface area contributed by atoms with Crippen molar-refractivity contribution >= 4 is 29.9 Å². The molecular weight excluding hydrogens is 533 g/mol. The maximum Gasteiger partial charge on any atom is 0.387 e. The third-order valence-electron chi connectivity index (χ3n) is 4.25. The summed E-state index contributed by atoms with van der Waals surface area (Å²) in [4.78, 5) is 8.48. The normalized spacial score (nSPS) is 11.1. The lowest BCUT2D eigenvalue weighted by atomic mass is 10.2. The van der Waals surface area contributed by atoms with E-state index in [-0.39, 0.29) is 42.0 Å². The fraction of sp³-hybridized carbons (Fsp3) is 0.286. The van der Waals surface area contributed by atoms with Gasteiger partial charge in [-0.15, -0.1) is 24.0 Å². The summed E-state index contributed by atoms with van der Waals surface area (Å²) in [5.74, 6) is 1.49. The molecule has 8 nitrogen and oxygen atoms in total. The van der Waals surface area contributed by atoms with Crippen LogP contribution in [0.2, 0.25) is 0 Å². The van der Waals surface area contributed by atoms with Crippen LogP contribution in [-0.2, 0) is 13.1 Å². The van der Waals surface area contributed by atoms with E-state index in [1.807, 2.05) is 24.4 Å². The van der Waals surface area contributed by atoms with E-state index in [9.17, 15) is 8.78 Å². The highest BCUT2D eigenvalue weighted by Crippen LogP contribution is 2.32. The molecule has 3 aromatic rings. The van der Waals surface area contributed by atoms with E-state index < -0.39 is 6.61 Å². The van der Waals surface area contributed by atoms with Gasteiger partial charge in [-0.05, 0) is 36.8 Å². The summed E-state index contributed by atoms with van der Waals surface area (Å²) in [5.41, 5.74) is 1.50. The number of nitrogens with one attached hydrogen (secondary N) is 2. The average molecular weight is 558 g/mol. The third kappa shape index (κ3) is 7.04. The second-order valence-corrected chi connectivity index (χ2v) is 6.31. The van der Waals surface area contributed by atoms with Crippen molar-refractivity contribution < 1.29 is 18.3 Å². The highest BCUT2D eigenvalue weighted by molar-refractivity contribution is 14.0. The van der Waals surface area contributed by atoms with Gasteiger partial charge >= 0.3 is 6.61 Å². The Morgan fingerprint density at radius 2 is 1.97 bits per heavy atom. The van der Waals surface area contributed by atoms with Crippen LogP contribution in [0.5, 0.6) is 11.5 Å². The van der Waals surface area contributed by atoms with Crippen LogP contribution in [0.3, 0.4) is 0 Å². The number of aliphatic imine (C=N–C) groups is 1. The van der Waals surface area contributed by atoms with E-state index in [1.54, 1.807) is 49.2 Å². The Labute approximate surface area is 202 Å². The summed E-state index contributed by atoms with van der Waals surface area (Å²) >= 11 is 0. The van der Waals surface area contributed by atoms with Crippen molar-refractivity contribution in [3.63, 3.8) is 0 Å². The summed E-state index contributed by atoms with van der Waals surface area (Å²) in [6.45, 7) is -0.132. The molecule has 0 fully saturated rings. The zero-order chi connectivity index (χ0) is 22.1. The van der Waals surface area contributed by atoms with Gasteiger partial charge in [0.2, 0.25) is 0 Å². The van der Waals surface area contributed by atoms with Gasteiger partial charge in [0.05, 0.1) is 6.61 Å². The summed E-state index contributed by atoms with van der Waals surface area (Å²) in [6.07, 6.45) is 5.21. The molecule has 0 saturated carbocycles. The number of guanidine groups is 1. The minimum Gasteiger partial charge on any atom is -0.490 e. The molecule has 3 rings (SSSR count). The fourth-order valence-corrected chi connectivity index (χ4v) is 2.88. The second kappa shape index (κ2) is 12.8. The van der Waals surface area contributed by atoms with Crippen molar-refractivity contribution in [2.24, 2.45) is 4.99 Å². The monoisotopic (exact) mass is 558 g/mol. The summed E-state index contributed by atoms with van der Waals surface area (Å²) in [5, 5.41) is 10.5. The zero-order valence-corrected chi connectivity index (χ0v) is 20.0. The molecule has 0 aliphatic heterocycles. The Hall–Kier alpha value is -2.96. The molecule has 1 aromatic carbocycles. The Morgan fingerprint density at radius 1 is 1.16 bits per heavy atom. The minimum absolute atomic E-state index is 0. The van der Waals surface area contributed by atoms with Gasteiger partial charge in [-0.3, -0.25) is 4.99 Å². The van der Waals surface area contributed by atoms with Gasteiger partial charge in [-0.25, -0.2) is 9.67 Å². The first kappa shape index (κ1) is 25.3. The third-order valence-corrected chi connectivity index (χ3v) is 4.25. The van der Waals surface area contributed by atoms with Crippen LogP contribution in [0.15, 0.2) is 60.0 Å². The number of nitrogens with zero attached hydrogens (tertiary/aromatic N) is 4. The molecule has 2 heterocycles. The van der Waals surface area contributed by atoms with Crippen molar-refractivity contribution in [2.75, 3.05) is 13.7 Å². The number of benzene rings is 1. The fourth-order valence-electron chi connectivity index (χ4n) is 2.88. The number of aromatic nitrogens is 3. The van der Waals surface area contributed by atoms with Crippen molar-refractivity contribution in [1.29, 1.82) is 0 Å². The lowest BCUT2D eigenvalue weighted by Crippen LogP contribution is -2.36. The number of alkyl halides is 2. The van der Waals surface area contributed by atoms with Crippen LogP contribution >= 0.6 is 24.0 Å². The molecule has 0 saturated heterocycles. The van der Waals surface area contributed by atoms with Gasteiger partial charge in [0, 0.05) is 44.3 Å². The molecule has 172 valence electrons. The van der Waals surface area contributed by atoms with Gasteiger partial charge in [0.15, 0.2) is 23.3 Å². The highest BCUT2D eigenvalue weighted by atomic mass is 127. The number of ether oxygens (including phenoxy) is 2. The Balaban J connectivity index is 0.00000363. The molecule has 0 radical (unpaired) electrons. The molecule has 0 aliphatic carbocycles. The zero-order valence-electron chi connectivity index (χ0n) is 17.7. The van der Waals surface area contributed by atoms with Gasteiger partial charge in [0.25, 0.3) is 0 Å². The summed E-state index contributed by atoms with van der Waals surface area (Å²) in [6, 6.07) is 10.6. The number of para-hydroxylation sites is 1. The van der Waals surface area contributed by atoms with Gasteiger partial charge in [0.1, 0.15) is 0 Å². The molecule has 0 spiro atoms. The lowest BCUT2D eigenvalue weighted by molar-refractivity contribution is -0.0520. The predicted octanol–water partition coefficient (Wildman–Crippen LogP) is 3.75. The van der Waals surface area contributed by atoms with Gasteiger partial charge in [-0.2, -0.15) is 13.9 Å². The van der Waals surface area contributed by atoms with E-state index in [0.717, 1.165) is 5.56 Å². The number of rotatable bonds is 9. The van der Waals surface area contributed by atoms with Crippen LogP contribution in [0, 0.1) is 0 Å². The first-order valence-corrected chi connectivity index (χ1v) is 9.69. The smallest absolute Gasteiger partial charge is 0.387 e. The van der Waals surface area contributed by atoms with E-state index in [1.165, 1.54) is 0 Å².